The van der Waals surface area contributed by atoms with Gasteiger partial charge in [-0.15, -0.1) is 0 Å². The molecule has 20 heavy (non-hydrogen) atoms. The van der Waals surface area contributed by atoms with E-state index < -0.39 is 0 Å². The fourth-order valence-corrected chi connectivity index (χ4v) is 2.98. The van der Waals surface area contributed by atoms with Crippen LogP contribution in [0.2, 0.25) is 0 Å². The predicted molar refractivity (Wildman–Crippen MR) is 91.2 cm³/mol. The van der Waals surface area contributed by atoms with E-state index in [9.17, 15) is 0 Å². The van der Waals surface area contributed by atoms with Crippen molar-refractivity contribution in [1.29, 1.82) is 0 Å². The molecule has 1 N–H and O–H groups in total. The first-order valence-electron chi connectivity index (χ1n) is 9.26. The van der Waals surface area contributed by atoms with Crippen molar-refractivity contribution in [3.05, 3.63) is 0 Å². The molecule has 1 aliphatic rings. The third-order valence-corrected chi connectivity index (χ3v) is 5.51. The number of hydrogen-bond donors (Lipinski definition) is 1. The van der Waals surface area contributed by atoms with Crippen molar-refractivity contribution >= 4 is 0 Å². The van der Waals surface area contributed by atoms with Crippen LogP contribution in [0.15, 0.2) is 0 Å². The van der Waals surface area contributed by atoms with Crippen LogP contribution in [-0.2, 0) is 0 Å². The van der Waals surface area contributed by atoms with E-state index in [2.05, 4.69) is 33.0 Å². The minimum Gasteiger partial charge on any atom is -0.313 e. The van der Waals surface area contributed by atoms with Crippen molar-refractivity contribution in [2.45, 2.75) is 104 Å². The normalized spacial score (nSPS) is 21.4. The summed E-state index contributed by atoms with van der Waals surface area (Å²) in [7, 11) is 0. The van der Waals surface area contributed by atoms with Crippen molar-refractivity contribution in [3.8, 4) is 0 Å². The van der Waals surface area contributed by atoms with Gasteiger partial charge in [0.05, 0.1) is 0 Å². The highest BCUT2D eigenvalue weighted by Crippen LogP contribution is 2.25. The summed E-state index contributed by atoms with van der Waals surface area (Å²) in [5.41, 5.74) is 0.420. The highest BCUT2D eigenvalue weighted by Gasteiger charge is 2.23. The molecule has 1 rings (SSSR count). The largest absolute Gasteiger partial charge is 0.313 e. The van der Waals surface area contributed by atoms with Gasteiger partial charge in [-0.3, -0.25) is 0 Å². The van der Waals surface area contributed by atoms with Crippen LogP contribution in [0.4, 0.5) is 0 Å². The highest BCUT2D eigenvalue weighted by molar-refractivity contribution is 4.78. The zero-order valence-electron chi connectivity index (χ0n) is 14.6. The lowest BCUT2D eigenvalue weighted by Crippen LogP contribution is -2.39. The van der Waals surface area contributed by atoms with Crippen LogP contribution < -0.4 is 5.32 Å². The summed E-state index contributed by atoms with van der Waals surface area (Å²) in [5.74, 6) is 0.751. The number of rotatable bonds is 4. The summed E-state index contributed by atoms with van der Waals surface area (Å²) in [6.45, 7) is 10.7. The minimum absolute atomic E-state index is 0.420. The summed E-state index contributed by atoms with van der Waals surface area (Å²) >= 11 is 0. The maximum Gasteiger partial charge on any atom is 0.00672 e. The average Bonchev–Trinajstić information content (AvgIpc) is 2.38. The van der Waals surface area contributed by atoms with Gasteiger partial charge in [0, 0.05) is 12.6 Å². The Bertz CT molecular complexity index is 220. The summed E-state index contributed by atoms with van der Waals surface area (Å²) in [5, 5.41) is 3.90. The lowest BCUT2D eigenvalue weighted by atomic mass is 9.81. The van der Waals surface area contributed by atoms with Crippen molar-refractivity contribution in [2.24, 2.45) is 11.3 Å². The molecule has 1 aliphatic carbocycles. The molecule has 0 aromatic carbocycles. The van der Waals surface area contributed by atoms with Crippen molar-refractivity contribution in [3.63, 3.8) is 0 Å². The van der Waals surface area contributed by atoms with Crippen LogP contribution in [0.25, 0.3) is 0 Å². The molecule has 1 heteroatoms. The fourth-order valence-electron chi connectivity index (χ4n) is 2.98. The Morgan fingerprint density at radius 1 is 0.800 bits per heavy atom. The van der Waals surface area contributed by atoms with Crippen molar-refractivity contribution in [1.82, 2.24) is 5.32 Å². The van der Waals surface area contributed by atoms with Gasteiger partial charge in [-0.25, -0.2) is 0 Å². The predicted octanol–water partition coefficient (Wildman–Crippen LogP) is 5.93. The second-order valence-electron chi connectivity index (χ2n) is 7.98. The van der Waals surface area contributed by atoms with Gasteiger partial charge < -0.3 is 5.32 Å². The molecule has 0 bridgehead atoms. The van der Waals surface area contributed by atoms with Gasteiger partial charge >= 0.3 is 0 Å². The highest BCUT2D eigenvalue weighted by atomic mass is 14.9. The van der Waals surface area contributed by atoms with E-state index >= 15 is 0 Å². The molecule has 0 spiro atoms. The summed E-state index contributed by atoms with van der Waals surface area (Å²) in [4.78, 5) is 0. The van der Waals surface area contributed by atoms with Crippen LogP contribution in [0.1, 0.15) is 98.3 Å². The maximum absolute atomic E-state index is 3.90. The molecule has 1 nitrogen and oxygen atoms in total. The first-order valence-corrected chi connectivity index (χ1v) is 9.26. The fraction of sp³-hybridized carbons (Fsp3) is 1.00. The van der Waals surface area contributed by atoms with Crippen molar-refractivity contribution < 1.29 is 0 Å². The number of hydrogen-bond acceptors (Lipinski definition) is 1. The molecular weight excluding hydrogens is 242 g/mol. The van der Waals surface area contributed by atoms with Gasteiger partial charge in [0.2, 0.25) is 0 Å². The molecule has 0 atom stereocenters. The first-order chi connectivity index (χ1) is 9.52. The van der Waals surface area contributed by atoms with Crippen LogP contribution >= 0.6 is 0 Å². The van der Waals surface area contributed by atoms with Crippen LogP contribution in [-0.4, -0.2) is 12.6 Å². The van der Waals surface area contributed by atoms with E-state index in [4.69, 9.17) is 0 Å². The third-order valence-electron chi connectivity index (χ3n) is 5.51. The quantitative estimate of drug-likeness (QED) is 0.673. The molecule has 0 aliphatic heterocycles. The molecule has 0 amide bonds. The SMILES string of the molecule is CC(C)C(C)(C)CNC1CCCCCCCCCCC1. The lowest BCUT2D eigenvalue weighted by Gasteiger charge is -2.32. The molecule has 1 saturated carbocycles. The summed E-state index contributed by atoms with van der Waals surface area (Å²) in [6, 6.07) is 0.771. The van der Waals surface area contributed by atoms with E-state index in [0.717, 1.165) is 12.0 Å². The van der Waals surface area contributed by atoms with Gasteiger partial charge in [0.15, 0.2) is 0 Å². The molecule has 0 aromatic rings. The van der Waals surface area contributed by atoms with Crippen molar-refractivity contribution in [2.75, 3.05) is 6.54 Å². The smallest absolute Gasteiger partial charge is 0.00672 e. The Labute approximate surface area is 128 Å². The second kappa shape index (κ2) is 9.82. The van der Waals surface area contributed by atoms with E-state index in [1.54, 1.807) is 0 Å². The van der Waals surface area contributed by atoms with E-state index in [-0.39, 0.29) is 0 Å². The molecule has 1 fully saturated rings. The minimum atomic E-state index is 0.420. The zero-order chi connectivity index (χ0) is 14.8. The number of nitrogens with one attached hydrogen (secondary N) is 1. The lowest BCUT2D eigenvalue weighted by molar-refractivity contribution is 0.221. The topological polar surface area (TPSA) is 12.0 Å². The van der Waals surface area contributed by atoms with E-state index in [1.165, 1.54) is 77.2 Å². The molecule has 0 aromatic heterocycles. The molecule has 0 saturated heterocycles. The Kier molecular flexibility index (Phi) is 8.84. The average molecular weight is 282 g/mol. The molecule has 0 radical (unpaired) electrons. The van der Waals surface area contributed by atoms with Gasteiger partial charge in [-0.1, -0.05) is 85.5 Å². The third kappa shape index (κ3) is 7.67. The first kappa shape index (κ1) is 18.0. The standard InChI is InChI=1S/C19H39N/c1-17(2)19(3,4)16-20-18-14-12-10-8-6-5-7-9-11-13-15-18/h17-18,20H,5-16H2,1-4H3. The van der Waals surface area contributed by atoms with Gasteiger partial charge in [0.25, 0.3) is 0 Å². The summed E-state index contributed by atoms with van der Waals surface area (Å²) in [6.07, 6.45) is 15.9. The van der Waals surface area contributed by atoms with E-state index in [1.807, 2.05) is 0 Å². The maximum atomic E-state index is 3.90. The Morgan fingerprint density at radius 3 is 1.60 bits per heavy atom. The molecular formula is C19H39N. The Hall–Kier alpha value is -0.0400. The van der Waals surface area contributed by atoms with Gasteiger partial charge in [-0.2, -0.15) is 0 Å². The van der Waals surface area contributed by atoms with Crippen LogP contribution in [0.5, 0.6) is 0 Å². The monoisotopic (exact) mass is 281 g/mol. The van der Waals surface area contributed by atoms with Gasteiger partial charge in [-0.05, 0) is 24.2 Å². The second-order valence-corrected chi connectivity index (χ2v) is 7.98. The van der Waals surface area contributed by atoms with E-state index in [0.29, 0.717) is 5.41 Å². The molecule has 0 unspecified atom stereocenters. The van der Waals surface area contributed by atoms with Crippen LogP contribution in [0.3, 0.4) is 0 Å². The Balaban J connectivity index is 2.35. The zero-order valence-corrected chi connectivity index (χ0v) is 14.6. The van der Waals surface area contributed by atoms with Gasteiger partial charge in [0.1, 0.15) is 0 Å². The summed E-state index contributed by atoms with van der Waals surface area (Å²) < 4.78 is 0. The Morgan fingerprint density at radius 2 is 1.20 bits per heavy atom. The molecule has 0 heterocycles. The van der Waals surface area contributed by atoms with Crippen LogP contribution in [0, 0.1) is 11.3 Å². The molecule has 120 valence electrons.